The minimum Gasteiger partial charge on any atom is -0.312 e. The molecule has 0 heterocycles. The van der Waals surface area contributed by atoms with Gasteiger partial charge in [-0.15, -0.1) is 0 Å². The van der Waals surface area contributed by atoms with Crippen LogP contribution in [0.3, 0.4) is 0 Å². The molecule has 0 spiro atoms. The van der Waals surface area contributed by atoms with Gasteiger partial charge in [0, 0.05) is 37.1 Å². The molecular formula is C32H37Cl2O6P. The van der Waals surface area contributed by atoms with E-state index in [1.165, 1.54) is 14.2 Å². The van der Waals surface area contributed by atoms with E-state index in [4.69, 9.17) is 32.2 Å². The smallest absolute Gasteiger partial charge is 0.312 e. The lowest BCUT2D eigenvalue weighted by atomic mass is 9.61. The van der Waals surface area contributed by atoms with E-state index >= 15 is 0 Å². The van der Waals surface area contributed by atoms with Gasteiger partial charge in [-0.05, 0) is 79.5 Å². The molecule has 0 N–H and O–H groups in total. The lowest BCUT2D eigenvalue weighted by Gasteiger charge is -2.41. The fourth-order valence-electron chi connectivity index (χ4n) is 5.91. The van der Waals surface area contributed by atoms with Crippen molar-refractivity contribution < 1.29 is 28.0 Å². The second kappa shape index (κ2) is 13.5. The van der Waals surface area contributed by atoms with Crippen molar-refractivity contribution in [3.8, 4) is 0 Å². The Balaban J connectivity index is 0.000000189. The molecule has 2 fully saturated rings. The second-order valence-corrected chi connectivity index (χ2v) is 14.2. The average molecular weight is 620 g/mol. The number of halogens is 2. The molecule has 0 saturated heterocycles. The molecule has 9 heteroatoms. The molecule has 220 valence electrons. The van der Waals surface area contributed by atoms with Crippen LogP contribution in [0.4, 0.5) is 0 Å². The summed E-state index contributed by atoms with van der Waals surface area (Å²) in [5, 5.41) is 1.32. The van der Waals surface area contributed by atoms with Gasteiger partial charge in [-0.3, -0.25) is 18.9 Å². The highest BCUT2D eigenvalue weighted by Gasteiger charge is 2.48. The molecule has 2 aromatic rings. The maximum Gasteiger partial charge on any atom is 0.337 e. The first-order valence-electron chi connectivity index (χ1n) is 14.1. The van der Waals surface area contributed by atoms with Crippen molar-refractivity contribution in [1.29, 1.82) is 0 Å². The van der Waals surface area contributed by atoms with Crippen molar-refractivity contribution >= 4 is 48.1 Å². The third-order valence-electron chi connectivity index (χ3n) is 8.88. The van der Waals surface area contributed by atoms with Crippen LogP contribution in [0.5, 0.6) is 0 Å². The summed E-state index contributed by atoms with van der Waals surface area (Å²) >= 11 is 11.8. The first-order valence-corrected chi connectivity index (χ1v) is 16.6. The van der Waals surface area contributed by atoms with Gasteiger partial charge < -0.3 is 9.05 Å². The maximum absolute atomic E-state index is 12.8. The zero-order valence-corrected chi connectivity index (χ0v) is 26.0. The number of rotatable bonds is 10. The van der Waals surface area contributed by atoms with E-state index in [0.717, 1.165) is 68.1 Å². The number of ketones is 3. The molecule has 0 unspecified atom stereocenters. The lowest BCUT2D eigenvalue weighted by molar-refractivity contribution is -0.128. The first-order chi connectivity index (χ1) is 19.6. The Morgan fingerprint density at radius 3 is 1.63 bits per heavy atom. The third-order valence-corrected chi connectivity index (χ3v) is 11.2. The van der Waals surface area contributed by atoms with E-state index < -0.39 is 13.0 Å². The summed E-state index contributed by atoms with van der Waals surface area (Å²) in [6.45, 7) is 0. The Kier molecular flexibility index (Phi) is 10.5. The number of carbonyl (C=O) groups excluding carboxylic acids is 3. The molecule has 2 aromatic carbocycles. The van der Waals surface area contributed by atoms with Crippen LogP contribution in [0, 0.1) is 0 Å². The number of Topliss-reactive ketones (excluding diaryl/α,β-unsaturated/α-hetero) is 3. The minimum absolute atomic E-state index is 0.0851. The molecule has 0 aliphatic heterocycles. The summed E-state index contributed by atoms with van der Waals surface area (Å²) in [5.41, 5.74) is 1.76. The van der Waals surface area contributed by atoms with Gasteiger partial charge in [-0.2, -0.15) is 0 Å². The number of hydrogen-bond acceptors (Lipinski definition) is 6. The Morgan fingerprint density at radius 1 is 0.780 bits per heavy atom. The Bertz CT molecular complexity index is 1330. The van der Waals surface area contributed by atoms with Crippen LogP contribution in [0.15, 0.2) is 60.2 Å². The number of benzene rings is 2. The minimum atomic E-state index is -3.32. The lowest BCUT2D eigenvalue weighted by Crippen LogP contribution is -2.44. The Labute approximate surface area is 252 Å². The van der Waals surface area contributed by atoms with Gasteiger partial charge in [0.15, 0.2) is 11.6 Å². The quantitative estimate of drug-likeness (QED) is 0.249. The normalized spacial score (nSPS) is 19.1. The van der Waals surface area contributed by atoms with Gasteiger partial charge in [0.25, 0.3) is 0 Å². The third kappa shape index (κ3) is 6.95. The van der Waals surface area contributed by atoms with Crippen LogP contribution in [-0.2, 0) is 38.8 Å². The van der Waals surface area contributed by atoms with E-state index in [1.807, 2.05) is 42.5 Å². The Hall–Kier alpha value is -2.08. The largest absolute Gasteiger partial charge is 0.337 e. The van der Waals surface area contributed by atoms with E-state index in [9.17, 15) is 18.9 Å². The zero-order valence-electron chi connectivity index (χ0n) is 23.6. The molecule has 6 nitrogen and oxygen atoms in total. The van der Waals surface area contributed by atoms with Crippen molar-refractivity contribution in [2.24, 2.45) is 0 Å². The van der Waals surface area contributed by atoms with E-state index in [2.05, 4.69) is 0 Å². The fourth-order valence-corrected chi connectivity index (χ4v) is 7.23. The molecule has 0 bridgehead atoms. The molecule has 3 aliphatic carbocycles. The van der Waals surface area contributed by atoms with Crippen LogP contribution in [-0.4, -0.2) is 37.7 Å². The van der Waals surface area contributed by atoms with Gasteiger partial charge in [-0.1, -0.05) is 66.4 Å². The van der Waals surface area contributed by atoms with Crippen LogP contribution in [0.25, 0.3) is 0 Å². The SMILES string of the molecule is COP(=O)(CC(=O)C1(c2ccc(Cl)cc2)CCC1)OC.O=C1CCCC=C1CC(=O)C1(c2ccc(Cl)cc2)CCC1. The van der Waals surface area contributed by atoms with E-state index in [-0.39, 0.29) is 28.9 Å². The van der Waals surface area contributed by atoms with Crippen molar-refractivity contribution in [2.75, 3.05) is 20.4 Å². The number of hydrogen-bond donors (Lipinski definition) is 0. The first kappa shape index (κ1) is 31.8. The second-order valence-electron chi connectivity index (χ2n) is 11.1. The van der Waals surface area contributed by atoms with Crippen LogP contribution >= 0.6 is 30.8 Å². The summed E-state index contributed by atoms with van der Waals surface area (Å²) < 4.78 is 21.9. The highest BCUT2D eigenvalue weighted by Crippen LogP contribution is 2.52. The highest BCUT2D eigenvalue weighted by atomic mass is 35.5. The zero-order chi connectivity index (χ0) is 29.7. The molecule has 3 aliphatic rings. The molecule has 41 heavy (non-hydrogen) atoms. The van der Waals surface area contributed by atoms with E-state index in [1.54, 1.807) is 12.1 Å². The predicted octanol–water partition coefficient (Wildman–Crippen LogP) is 8.22. The fraction of sp³-hybridized carbons (Fsp3) is 0.469. The molecular weight excluding hydrogens is 582 g/mol. The summed E-state index contributed by atoms with van der Waals surface area (Å²) in [6.07, 6.45) is 9.84. The molecule has 5 rings (SSSR count). The summed E-state index contributed by atoms with van der Waals surface area (Å²) in [6, 6.07) is 14.9. The number of allylic oxidation sites excluding steroid dienone is 2. The molecule has 0 amide bonds. The van der Waals surface area contributed by atoms with Crippen molar-refractivity contribution in [2.45, 2.75) is 75.0 Å². The van der Waals surface area contributed by atoms with Gasteiger partial charge in [-0.25, -0.2) is 0 Å². The van der Waals surface area contributed by atoms with Gasteiger partial charge in [0.05, 0.1) is 10.8 Å². The van der Waals surface area contributed by atoms with Gasteiger partial charge >= 0.3 is 7.60 Å². The molecule has 0 radical (unpaired) electrons. The predicted molar refractivity (Wildman–Crippen MR) is 162 cm³/mol. The van der Waals surface area contributed by atoms with Gasteiger partial charge in [0.1, 0.15) is 11.9 Å². The summed E-state index contributed by atoms with van der Waals surface area (Å²) in [5.74, 6) is 0.260. The summed E-state index contributed by atoms with van der Waals surface area (Å²) in [4.78, 5) is 37.3. The standard InChI is InChI=1S/C18H19ClO2.C14H18ClO4P/c19-15-8-6-14(7-9-15)18(10-3-11-18)17(21)12-13-4-1-2-5-16(13)20;1-18-20(17,19-2)10-13(16)14(8-3-9-14)11-4-6-12(15)7-5-11/h4,6-9H,1-3,5,10-12H2;4-7H,3,8-10H2,1-2H3. The van der Waals surface area contributed by atoms with Gasteiger partial charge in [0.2, 0.25) is 0 Å². The Morgan fingerprint density at radius 2 is 1.24 bits per heavy atom. The van der Waals surface area contributed by atoms with Crippen molar-refractivity contribution in [1.82, 2.24) is 0 Å². The monoisotopic (exact) mass is 618 g/mol. The topological polar surface area (TPSA) is 86.7 Å². The van der Waals surface area contributed by atoms with Crippen LogP contribution < -0.4 is 0 Å². The average Bonchev–Trinajstić information content (AvgIpc) is 2.91. The van der Waals surface area contributed by atoms with E-state index in [0.29, 0.717) is 22.9 Å². The van der Waals surface area contributed by atoms with Crippen LogP contribution in [0.1, 0.15) is 75.3 Å². The molecule has 2 saturated carbocycles. The molecule has 0 aromatic heterocycles. The highest BCUT2D eigenvalue weighted by molar-refractivity contribution is 7.54. The number of carbonyl (C=O) groups is 3. The molecule has 0 atom stereocenters. The maximum atomic E-state index is 12.8. The van der Waals surface area contributed by atoms with Crippen molar-refractivity contribution in [3.63, 3.8) is 0 Å². The van der Waals surface area contributed by atoms with Crippen molar-refractivity contribution in [3.05, 3.63) is 81.4 Å². The summed E-state index contributed by atoms with van der Waals surface area (Å²) in [7, 11) is -0.721. The van der Waals surface area contributed by atoms with Crippen LogP contribution in [0.2, 0.25) is 10.0 Å².